The molecule has 2 aromatic carbocycles. The molecule has 54 heavy (non-hydrogen) atoms. The van der Waals surface area contributed by atoms with Crippen LogP contribution in [0.4, 0.5) is 20.2 Å². The molecule has 0 atom stereocenters. The van der Waals surface area contributed by atoms with Crippen molar-refractivity contribution in [2.24, 2.45) is 0 Å². The van der Waals surface area contributed by atoms with Gasteiger partial charge in [-0.25, -0.2) is 18.1 Å². The first-order valence-electron chi connectivity index (χ1n) is 18.6. The zero-order valence-corrected chi connectivity index (χ0v) is 29.5. The summed E-state index contributed by atoms with van der Waals surface area (Å²) in [5, 5.41) is 14.8. The van der Waals surface area contributed by atoms with E-state index in [0.717, 1.165) is 48.5 Å². The summed E-state index contributed by atoms with van der Waals surface area (Å²) in [6, 6.07) is 20.4. The van der Waals surface area contributed by atoms with E-state index in [0.29, 0.717) is 57.5 Å². The molecule has 0 saturated heterocycles. The molecule has 0 spiro atoms. The zero-order valence-electron chi connectivity index (χ0n) is 29.5. The molecular formula is C42H38F2N8O2. The Hall–Kier alpha value is -6.04. The Bertz CT molecular complexity index is 2180. The van der Waals surface area contributed by atoms with Gasteiger partial charge in [-0.15, -0.1) is 0 Å². The number of hydrogen-bond donors (Lipinski definition) is 2. The van der Waals surface area contributed by atoms with Gasteiger partial charge in [-0.05, 0) is 124 Å². The highest BCUT2D eigenvalue weighted by Crippen LogP contribution is 2.47. The van der Waals surface area contributed by atoms with Crippen LogP contribution < -0.4 is 10.6 Å². The molecule has 10 rings (SSSR count). The van der Waals surface area contributed by atoms with Crippen molar-refractivity contribution in [1.29, 1.82) is 0 Å². The topological polar surface area (TPSA) is 120 Å². The van der Waals surface area contributed by atoms with Crippen molar-refractivity contribution in [1.82, 2.24) is 29.5 Å². The van der Waals surface area contributed by atoms with E-state index in [9.17, 15) is 18.4 Å². The number of amides is 2. The lowest BCUT2D eigenvalue weighted by Gasteiger charge is -2.10. The van der Waals surface area contributed by atoms with E-state index < -0.39 is 11.6 Å². The molecule has 4 aromatic heterocycles. The Labute approximate surface area is 310 Å². The van der Waals surface area contributed by atoms with Crippen molar-refractivity contribution >= 4 is 23.2 Å². The third-order valence-corrected chi connectivity index (χ3v) is 10.2. The van der Waals surface area contributed by atoms with E-state index in [1.54, 1.807) is 76.5 Å². The highest BCUT2D eigenvalue weighted by atomic mass is 19.1. The van der Waals surface area contributed by atoms with E-state index >= 15 is 0 Å². The Balaban J connectivity index is 0.000000142. The molecule has 4 fully saturated rings. The predicted molar refractivity (Wildman–Crippen MR) is 199 cm³/mol. The van der Waals surface area contributed by atoms with Crippen LogP contribution in [0.15, 0.2) is 97.6 Å². The molecule has 2 amide bonds. The van der Waals surface area contributed by atoms with Crippen LogP contribution in [-0.4, -0.2) is 41.3 Å². The number of anilines is 2. The first-order chi connectivity index (χ1) is 26.4. The molecule has 0 unspecified atom stereocenters. The minimum atomic E-state index is -0.397. The summed E-state index contributed by atoms with van der Waals surface area (Å²) in [7, 11) is 0. The number of rotatable bonds is 10. The van der Waals surface area contributed by atoms with Gasteiger partial charge in [0.05, 0.1) is 17.0 Å². The van der Waals surface area contributed by atoms with Gasteiger partial charge in [-0.1, -0.05) is 0 Å². The number of halogens is 2. The molecule has 0 bridgehead atoms. The van der Waals surface area contributed by atoms with Gasteiger partial charge in [-0.3, -0.25) is 19.6 Å². The number of pyridine rings is 2. The summed E-state index contributed by atoms with van der Waals surface area (Å²) in [6.07, 6.45) is 15.4. The molecular weight excluding hydrogens is 687 g/mol. The van der Waals surface area contributed by atoms with Gasteiger partial charge in [0.1, 0.15) is 11.4 Å². The second-order valence-electron chi connectivity index (χ2n) is 14.6. The van der Waals surface area contributed by atoms with Crippen LogP contribution in [0.3, 0.4) is 0 Å². The average Bonchev–Trinajstić information content (AvgIpc) is 3.97. The smallest absolute Gasteiger partial charge is 0.257 e. The summed E-state index contributed by atoms with van der Waals surface area (Å²) in [5.74, 6) is 0.629. The van der Waals surface area contributed by atoms with Gasteiger partial charge in [-0.2, -0.15) is 10.2 Å². The Morgan fingerprint density at radius 3 is 1.46 bits per heavy atom. The standard InChI is InChI=1S/2C21H19FN4O/c22-17-11-16(24-21(27)15-7-9-23-10-8-15)5-6-19(17)26-20(14-3-4-14)12-18(25-26)13-1-2-13;22-17-10-16(24-21(27)15-2-1-9-23-12-15)7-8-19(17)26-20(14-5-6-14)11-18(25-26)13-3-4-13/h5-14H,1-4H2,(H,24,27);1-2,7-14H,3-6H2,(H,24,27). The lowest BCUT2D eigenvalue weighted by molar-refractivity contribution is 0.101. The van der Waals surface area contributed by atoms with Gasteiger partial charge in [0.15, 0.2) is 11.6 Å². The number of carbonyl (C=O) groups is 2. The molecule has 10 nitrogen and oxygen atoms in total. The van der Waals surface area contributed by atoms with Gasteiger partial charge >= 0.3 is 0 Å². The monoisotopic (exact) mass is 724 g/mol. The molecule has 4 saturated carbocycles. The van der Waals surface area contributed by atoms with Crippen molar-refractivity contribution in [3.63, 3.8) is 0 Å². The number of benzene rings is 2. The fourth-order valence-corrected chi connectivity index (χ4v) is 6.63. The van der Waals surface area contributed by atoms with Crippen LogP contribution in [0.25, 0.3) is 11.4 Å². The fourth-order valence-electron chi connectivity index (χ4n) is 6.63. The summed E-state index contributed by atoms with van der Waals surface area (Å²) in [6.45, 7) is 0. The first-order valence-corrected chi connectivity index (χ1v) is 18.6. The zero-order chi connectivity index (χ0) is 36.8. The molecule has 4 heterocycles. The largest absolute Gasteiger partial charge is 0.322 e. The number of carbonyl (C=O) groups excluding carboxylic acids is 2. The SMILES string of the molecule is O=C(Nc1ccc(-n2nc(C3CC3)cc2C2CC2)c(F)c1)c1cccnc1.O=C(Nc1ccc(-n2nc(C3CC3)cc2C2CC2)c(F)c1)c1ccncc1. The maximum Gasteiger partial charge on any atom is 0.257 e. The van der Waals surface area contributed by atoms with Crippen LogP contribution in [-0.2, 0) is 0 Å². The van der Waals surface area contributed by atoms with Crippen molar-refractivity contribution in [3.8, 4) is 11.4 Å². The van der Waals surface area contributed by atoms with E-state index in [-0.39, 0.29) is 11.8 Å². The molecule has 272 valence electrons. The lowest BCUT2D eigenvalue weighted by Crippen LogP contribution is -2.12. The third kappa shape index (κ3) is 7.41. The molecule has 12 heteroatoms. The molecule has 0 aliphatic heterocycles. The maximum atomic E-state index is 14.9. The second kappa shape index (κ2) is 14.1. The van der Waals surface area contributed by atoms with E-state index in [2.05, 4.69) is 42.9 Å². The van der Waals surface area contributed by atoms with Crippen LogP contribution in [0.2, 0.25) is 0 Å². The second-order valence-corrected chi connectivity index (χ2v) is 14.6. The number of nitrogens with one attached hydrogen (secondary N) is 2. The normalized spacial score (nSPS) is 16.3. The summed E-state index contributed by atoms with van der Waals surface area (Å²) >= 11 is 0. The summed E-state index contributed by atoms with van der Waals surface area (Å²) in [5.41, 5.74) is 6.96. The molecule has 6 aromatic rings. The van der Waals surface area contributed by atoms with E-state index in [1.807, 2.05) is 0 Å². The Kier molecular flexibility index (Phi) is 8.80. The van der Waals surface area contributed by atoms with Gasteiger partial charge < -0.3 is 10.6 Å². The van der Waals surface area contributed by atoms with Crippen molar-refractivity contribution in [2.75, 3.05) is 10.6 Å². The quantitative estimate of drug-likeness (QED) is 0.146. The minimum Gasteiger partial charge on any atom is -0.322 e. The maximum absolute atomic E-state index is 14.9. The van der Waals surface area contributed by atoms with E-state index in [1.165, 1.54) is 44.0 Å². The van der Waals surface area contributed by atoms with Crippen molar-refractivity contribution in [2.45, 2.75) is 75.0 Å². The summed E-state index contributed by atoms with van der Waals surface area (Å²) < 4.78 is 33.2. The van der Waals surface area contributed by atoms with Crippen LogP contribution >= 0.6 is 0 Å². The first kappa shape index (κ1) is 33.8. The molecule has 0 radical (unpaired) electrons. The van der Waals surface area contributed by atoms with E-state index in [4.69, 9.17) is 0 Å². The third-order valence-electron chi connectivity index (χ3n) is 10.2. The van der Waals surface area contributed by atoms with Gasteiger partial charge in [0, 0.05) is 76.8 Å². The molecule has 4 aliphatic rings. The molecule has 2 N–H and O–H groups in total. The highest BCUT2D eigenvalue weighted by Gasteiger charge is 2.35. The molecule has 4 aliphatic carbocycles. The highest BCUT2D eigenvalue weighted by molar-refractivity contribution is 6.04. The van der Waals surface area contributed by atoms with Crippen LogP contribution in [0, 0.1) is 11.6 Å². The number of aromatic nitrogens is 6. The predicted octanol–water partition coefficient (Wildman–Crippen LogP) is 8.83. The van der Waals surface area contributed by atoms with Crippen LogP contribution in [0.1, 0.15) is 119 Å². The number of nitrogens with zero attached hydrogens (tertiary/aromatic N) is 6. The average molecular weight is 725 g/mol. The number of hydrogen-bond acceptors (Lipinski definition) is 6. The van der Waals surface area contributed by atoms with Gasteiger partial charge in [0.25, 0.3) is 11.8 Å². The fraction of sp³-hybridized carbons (Fsp3) is 0.286. The van der Waals surface area contributed by atoms with Crippen LogP contribution in [0.5, 0.6) is 0 Å². The van der Waals surface area contributed by atoms with Crippen molar-refractivity contribution in [3.05, 3.63) is 143 Å². The van der Waals surface area contributed by atoms with Gasteiger partial charge in [0.2, 0.25) is 0 Å². The summed E-state index contributed by atoms with van der Waals surface area (Å²) in [4.78, 5) is 32.3. The minimum absolute atomic E-state index is 0.293. The lowest BCUT2D eigenvalue weighted by atomic mass is 10.2. The Morgan fingerprint density at radius 2 is 1.04 bits per heavy atom. The van der Waals surface area contributed by atoms with Crippen molar-refractivity contribution < 1.29 is 18.4 Å². The Morgan fingerprint density at radius 1 is 0.556 bits per heavy atom.